The molecule has 0 bridgehead atoms. The molecule has 1 aromatic carbocycles. The van der Waals surface area contributed by atoms with E-state index in [1.165, 1.54) is 5.56 Å². The van der Waals surface area contributed by atoms with Crippen LogP contribution in [0.5, 0.6) is 0 Å². The van der Waals surface area contributed by atoms with Gasteiger partial charge in [0, 0.05) is 12.2 Å². The minimum atomic E-state index is -0.102. The van der Waals surface area contributed by atoms with E-state index in [9.17, 15) is 4.79 Å². The van der Waals surface area contributed by atoms with Crippen LogP contribution < -0.4 is 10.6 Å². The molecular formula is C16H18N2O2. The highest BCUT2D eigenvalue weighted by Gasteiger charge is 2.25. The molecule has 2 unspecified atom stereocenters. The molecule has 0 fully saturated rings. The van der Waals surface area contributed by atoms with Gasteiger partial charge in [-0.3, -0.25) is 4.79 Å². The van der Waals surface area contributed by atoms with Crippen LogP contribution in [0.3, 0.4) is 0 Å². The summed E-state index contributed by atoms with van der Waals surface area (Å²) in [5.74, 6) is 0.806. The van der Waals surface area contributed by atoms with E-state index in [4.69, 9.17) is 4.42 Å². The van der Waals surface area contributed by atoms with Crippen molar-refractivity contribution in [3.05, 3.63) is 54.0 Å². The normalized spacial score (nSPS) is 18.8. The van der Waals surface area contributed by atoms with Crippen molar-refractivity contribution in [2.45, 2.75) is 19.4 Å². The first-order valence-electron chi connectivity index (χ1n) is 6.89. The standard InChI is InChI=1S/C16H18N2O2/c1-11(15-7-4-8-20-15)18-16(19)13-9-12-5-2-3-6-14(12)17-10-13/h2-8,11,13,17H,9-10H2,1H3,(H,18,19). The van der Waals surface area contributed by atoms with Crippen LogP contribution in [0.15, 0.2) is 47.1 Å². The number of carbonyl (C=O) groups excluding carboxylic acids is 1. The van der Waals surface area contributed by atoms with E-state index in [2.05, 4.69) is 22.8 Å². The summed E-state index contributed by atoms with van der Waals surface area (Å²) in [7, 11) is 0. The van der Waals surface area contributed by atoms with E-state index < -0.39 is 0 Å². The van der Waals surface area contributed by atoms with E-state index in [1.54, 1.807) is 6.26 Å². The fourth-order valence-electron chi connectivity index (χ4n) is 2.57. The molecule has 1 amide bonds. The molecule has 2 aromatic rings. The lowest BCUT2D eigenvalue weighted by molar-refractivity contribution is -0.125. The van der Waals surface area contributed by atoms with Gasteiger partial charge < -0.3 is 15.1 Å². The number of hydrogen-bond acceptors (Lipinski definition) is 3. The van der Waals surface area contributed by atoms with Crippen molar-refractivity contribution >= 4 is 11.6 Å². The average molecular weight is 270 g/mol. The van der Waals surface area contributed by atoms with Crippen molar-refractivity contribution < 1.29 is 9.21 Å². The zero-order chi connectivity index (χ0) is 13.9. The second kappa shape index (κ2) is 5.41. The summed E-state index contributed by atoms with van der Waals surface area (Å²) in [6.07, 6.45) is 2.40. The van der Waals surface area contributed by atoms with Crippen LogP contribution in [0.4, 0.5) is 5.69 Å². The van der Waals surface area contributed by atoms with Crippen molar-refractivity contribution in [3.8, 4) is 0 Å². The van der Waals surface area contributed by atoms with E-state index in [0.29, 0.717) is 6.54 Å². The molecule has 0 aliphatic carbocycles. The Labute approximate surface area is 118 Å². The van der Waals surface area contributed by atoms with E-state index in [-0.39, 0.29) is 17.9 Å². The first-order chi connectivity index (χ1) is 9.74. The molecule has 20 heavy (non-hydrogen) atoms. The molecule has 0 radical (unpaired) electrons. The maximum Gasteiger partial charge on any atom is 0.225 e. The quantitative estimate of drug-likeness (QED) is 0.901. The van der Waals surface area contributed by atoms with Gasteiger partial charge in [-0.15, -0.1) is 0 Å². The minimum absolute atomic E-state index is 0.0395. The Morgan fingerprint density at radius 2 is 2.20 bits per heavy atom. The highest BCUT2D eigenvalue weighted by Crippen LogP contribution is 2.25. The summed E-state index contributed by atoms with van der Waals surface area (Å²) in [6, 6.07) is 11.7. The molecule has 3 rings (SSSR count). The highest BCUT2D eigenvalue weighted by atomic mass is 16.3. The van der Waals surface area contributed by atoms with Crippen molar-refractivity contribution in [1.82, 2.24) is 5.32 Å². The number of benzene rings is 1. The van der Waals surface area contributed by atoms with E-state index in [1.807, 2.05) is 31.2 Å². The lowest BCUT2D eigenvalue weighted by Gasteiger charge is -2.26. The summed E-state index contributed by atoms with van der Waals surface area (Å²) < 4.78 is 5.31. The predicted molar refractivity (Wildman–Crippen MR) is 77.4 cm³/mol. The molecule has 1 aliphatic heterocycles. The Morgan fingerprint density at radius 1 is 1.35 bits per heavy atom. The Balaban J connectivity index is 1.64. The van der Waals surface area contributed by atoms with Crippen LogP contribution >= 0.6 is 0 Å². The van der Waals surface area contributed by atoms with Gasteiger partial charge in [-0.1, -0.05) is 18.2 Å². The van der Waals surface area contributed by atoms with E-state index >= 15 is 0 Å². The van der Waals surface area contributed by atoms with Crippen LogP contribution in [0.2, 0.25) is 0 Å². The van der Waals surface area contributed by atoms with Crippen LogP contribution in [0.1, 0.15) is 24.3 Å². The number of fused-ring (bicyclic) bond motifs is 1. The third kappa shape index (κ3) is 2.54. The van der Waals surface area contributed by atoms with Crippen molar-refractivity contribution in [2.24, 2.45) is 5.92 Å². The van der Waals surface area contributed by atoms with Gasteiger partial charge in [-0.25, -0.2) is 0 Å². The average Bonchev–Trinajstić information content (AvgIpc) is 3.01. The van der Waals surface area contributed by atoms with Crippen molar-refractivity contribution in [1.29, 1.82) is 0 Å². The van der Waals surface area contributed by atoms with Gasteiger partial charge in [0.25, 0.3) is 0 Å². The molecule has 2 N–H and O–H groups in total. The predicted octanol–water partition coefficient (Wildman–Crippen LogP) is 2.74. The number of amides is 1. The van der Waals surface area contributed by atoms with Crippen molar-refractivity contribution in [2.75, 3.05) is 11.9 Å². The summed E-state index contributed by atoms with van der Waals surface area (Å²) in [6.45, 7) is 2.61. The number of anilines is 1. The lowest BCUT2D eigenvalue weighted by atomic mass is 9.93. The molecule has 2 heterocycles. The van der Waals surface area contributed by atoms with Crippen LogP contribution in [-0.2, 0) is 11.2 Å². The van der Waals surface area contributed by atoms with Crippen molar-refractivity contribution in [3.63, 3.8) is 0 Å². The minimum Gasteiger partial charge on any atom is -0.467 e. The van der Waals surface area contributed by atoms with Gasteiger partial charge in [0.2, 0.25) is 5.91 Å². The summed E-state index contributed by atoms with van der Waals surface area (Å²) in [5, 5.41) is 6.33. The van der Waals surface area contributed by atoms with Gasteiger partial charge in [-0.05, 0) is 37.1 Å². The first-order valence-corrected chi connectivity index (χ1v) is 6.89. The molecule has 0 saturated carbocycles. The van der Waals surface area contributed by atoms with E-state index in [0.717, 1.165) is 17.9 Å². The summed E-state index contributed by atoms with van der Waals surface area (Å²) >= 11 is 0. The molecular weight excluding hydrogens is 252 g/mol. The Bertz CT molecular complexity index is 592. The second-order valence-electron chi connectivity index (χ2n) is 5.18. The maximum absolute atomic E-state index is 12.3. The fourth-order valence-corrected chi connectivity index (χ4v) is 2.57. The number of para-hydroxylation sites is 1. The van der Waals surface area contributed by atoms with Gasteiger partial charge in [-0.2, -0.15) is 0 Å². The molecule has 0 spiro atoms. The third-order valence-corrected chi connectivity index (χ3v) is 3.72. The first kappa shape index (κ1) is 12.8. The van der Waals surface area contributed by atoms with Gasteiger partial charge >= 0.3 is 0 Å². The molecule has 1 aliphatic rings. The maximum atomic E-state index is 12.3. The van der Waals surface area contributed by atoms with Gasteiger partial charge in [0.15, 0.2) is 0 Å². The Hall–Kier alpha value is -2.23. The molecule has 2 atom stereocenters. The lowest BCUT2D eigenvalue weighted by Crippen LogP contribution is -2.39. The fraction of sp³-hybridized carbons (Fsp3) is 0.312. The number of hydrogen-bond donors (Lipinski definition) is 2. The largest absolute Gasteiger partial charge is 0.467 e. The summed E-state index contributed by atoms with van der Waals surface area (Å²) in [4.78, 5) is 12.3. The smallest absolute Gasteiger partial charge is 0.225 e. The number of carbonyl (C=O) groups is 1. The molecule has 0 saturated heterocycles. The third-order valence-electron chi connectivity index (χ3n) is 3.72. The molecule has 4 nitrogen and oxygen atoms in total. The zero-order valence-electron chi connectivity index (χ0n) is 11.4. The zero-order valence-corrected chi connectivity index (χ0v) is 11.4. The summed E-state index contributed by atoms with van der Waals surface area (Å²) in [5.41, 5.74) is 2.33. The van der Waals surface area contributed by atoms with Crippen LogP contribution in [-0.4, -0.2) is 12.5 Å². The van der Waals surface area contributed by atoms with Gasteiger partial charge in [0.05, 0.1) is 18.2 Å². The second-order valence-corrected chi connectivity index (χ2v) is 5.18. The number of nitrogens with one attached hydrogen (secondary N) is 2. The van der Waals surface area contributed by atoms with Crippen LogP contribution in [0, 0.1) is 5.92 Å². The Morgan fingerprint density at radius 3 is 3.00 bits per heavy atom. The molecule has 1 aromatic heterocycles. The number of furan rings is 1. The Kier molecular flexibility index (Phi) is 3.46. The molecule has 104 valence electrons. The monoisotopic (exact) mass is 270 g/mol. The highest BCUT2D eigenvalue weighted by molar-refractivity contribution is 5.81. The topological polar surface area (TPSA) is 54.3 Å². The van der Waals surface area contributed by atoms with Crippen LogP contribution in [0.25, 0.3) is 0 Å². The SMILES string of the molecule is CC(NC(=O)C1CNc2ccccc2C1)c1ccco1. The van der Waals surface area contributed by atoms with Gasteiger partial charge in [0.1, 0.15) is 5.76 Å². The number of rotatable bonds is 3. The molecule has 4 heteroatoms.